The van der Waals surface area contributed by atoms with Crippen molar-refractivity contribution in [2.24, 2.45) is 13.0 Å². The van der Waals surface area contributed by atoms with Crippen molar-refractivity contribution in [2.45, 2.75) is 70.6 Å². The lowest BCUT2D eigenvalue weighted by atomic mass is 9.86. The van der Waals surface area contributed by atoms with E-state index in [1.54, 1.807) is 0 Å². The lowest BCUT2D eigenvalue weighted by Gasteiger charge is -2.37. The first-order chi connectivity index (χ1) is 16.5. The van der Waals surface area contributed by atoms with Crippen LogP contribution in [0.3, 0.4) is 0 Å². The second-order valence-electron chi connectivity index (χ2n) is 10.6. The Bertz CT molecular complexity index is 1050. The molecule has 1 aromatic heterocycles. The van der Waals surface area contributed by atoms with Crippen molar-refractivity contribution < 1.29 is 9.59 Å². The molecule has 3 heterocycles. The molecule has 0 spiro atoms. The standard InChI is InChI=1S/C27H39N5O2/c1-19-23(32-17-15-31(16-18-32)14-6-9-20-7-4-3-5-8-20)12-10-21-25(29-30(2)26(19)21)22-11-13-24(33)28-27(22)34/h10,12,20,22H,3-9,11,13-18H2,1-2H3,(H,28,33,34). The normalized spacial score (nSPS) is 23.0. The van der Waals surface area contributed by atoms with E-state index in [2.05, 4.69) is 34.2 Å². The van der Waals surface area contributed by atoms with E-state index in [9.17, 15) is 9.59 Å². The molecule has 3 fully saturated rings. The number of nitrogens with zero attached hydrogens (tertiary/aromatic N) is 4. The zero-order valence-corrected chi connectivity index (χ0v) is 20.8. The molecule has 1 saturated carbocycles. The molecule has 3 aliphatic rings. The maximum absolute atomic E-state index is 12.5. The van der Waals surface area contributed by atoms with Crippen LogP contribution in [0.1, 0.15) is 75.0 Å². The number of piperazine rings is 1. The molecule has 184 valence electrons. The van der Waals surface area contributed by atoms with Crippen LogP contribution in [0.15, 0.2) is 12.1 Å². The number of benzene rings is 1. The fourth-order valence-electron chi connectivity index (χ4n) is 6.42. The number of amides is 2. The SMILES string of the molecule is Cc1c(N2CCN(CCCC3CCCCC3)CC2)ccc2c(C3CCC(=O)NC3=O)nn(C)c12. The van der Waals surface area contributed by atoms with Crippen LogP contribution in [-0.4, -0.2) is 59.2 Å². The van der Waals surface area contributed by atoms with Gasteiger partial charge in [-0.2, -0.15) is 5.10 Å². The van der Waals surface area contributed by atoms with Gasteiger partial charge in [0.05, 0.1) is 17.1 Å². The number of hydrogen-bond donors (Lipinski definition) is 1. The molecular formula is C27H39N5O2. The van der Waals surface area contributed by atoms with Crippen LogP contribution in [-0.2, 0) is 16.6 Å². The highest BCUT2D eigenvalue weighted by atomic mass is 16.2. The molecular weight excluding hydrogens is 426 g/mol. The number of aryl methyl sites for hydroxylation is 2. The molecule has 7 heteroatoms. The van der Waals surface area contributed by atoms with E-state index in [1.807, 2.05) is 11.7 Å². The molecule has 34 heavy (non-hydrogen) atoms. The number of piperidine rings is 1. The highest BCUT2D eigenvalue weighted by Crippen LogP contribution is 2.35. The van der Waals surface area contributed by atoms with Gasteiger partial charge in [0, 0.05) is 50.7 Å². The van der Waals surface area contributed by atoms with Gasteiger partial charge >= 0.3 is 0 Å². The van der Waals surface area contributed by atoms with Gasteiger partial charge in [-0.15, -0.1) is 0 Å². The van der Waals surface area contributed by atoms with Gasteiger partial charge in [0.25, 0.3) is 0 Å². The highest BCUT2D eigenvalue weighted by Gasteiger charge is 2.32. The van der Waals surface area contributed by atoms with Crippen LogP contribution in [0.2, 0.25) is 0 Å². The Balaban J connectivity index is 1.23. The molecule has 1 aromatic carbocycles. The summed E-state index contributed by atoms with van der Waals surface area (Å²) in [5.41, 5.74) is 4.37. The van der Waals surface area contributed by atoms with Crippen molar-refractivity contribution >= 4 is 28.4 Å². The molecule has 2 amide bonds. The Morgan fingerprint density at radius 2 is 1.79 bits per heavy atom. The van der Waals surface area contributed by atoms with Gasteiger partial charge in [-0.05, 0) is 56.3 Å². The predicted molar refractivity (Wildman–Crippen MR) is 135 cm³/mol. The summed E-state index contributed by atoms with van der Waals surface area (Å²) in [4.78, 5) is 29.2. The van der Waals surface area contributed by atoms with Gasteiger partial charge in [0.2, 0.25) is 11.8 Å². The number of hydrogen-bond acceptors (Lipinski definition) is 5. The van der Waals surface area contributed by atoms with Crippen LogP contribution >= 0.6 is 0 Å². The third kappa shape index (κ3) is 4.72. The van der Waals surface area contributed by atoms with Gasteiger partial charge < -0.3 is 4.90 Å². The van der Waals surface area contributed by atoms with E-state index >= 15 is 0 Å². The number of rotatable bonds is 6. The minimum atomic E-state index is -0.358. The van der Waals surface area contributed by atoms with Gasteiger partial charge in [-0.3, -0.25) is 24.5 Å². The molecule has 5 rings (SSSR count). The van der Waals surface area contributed by atoms with Gasteiger partial charge in [0.15, 0.2) is 0 Å². The molecule has 1 aliphatic carbocycles. The van der Waals surface area contributed by atoms with Crippen LogP contribution < -0.4 is 10.2 Å². The lowest BCUT2D eigenvalue weighted by molar-refractivity contribution is -0.134. The first kappa shape index (κ1) is 23.3. The summed E-state index contributed by atoms with van der Waals surface area (Å²) in [6, 6.07) is 4.33. The molecule has 0 radical (unpaired) electrons. The molecule has 0 bridgehead atoms. The van der Waals surface area contributed by atoms with E-state index in [4.69, 9.17) is 5.10 Å². The summed E-state index contributed by atoms with van der Waals surface area (Å²) in [6.07, 6.45) is 10.9. The van der Waals surface area contributed by atoms with Crippen molar-refractivity contribution in [3.05, 3.63) is 23.4 Å². The lowest BCUT2D eigenvalue weighted by Crippen LogP contribution is -2.46. The fourth-order valence-corrected chi connectivity index (χ4v) is 6.42. The monoisotopic (exact) mass is 465 g/mol. The summed E-state index contributed by atoms with van der Waals surface area (Å²) in [6.45, 7) is 7.74. The Hall–Kier alpha value is -2.41. The van der Waals surface area contributed by atoms with Gasteiger partial charge in [0.1, 0.15) is 0 Å². The Labute approximate surface area is 202 Å². The molecule has 7 nitrogen and oxygen atoms in total. The number of fused-ring (bicyclic) bond motifs is 1. The Morgan fingerprint density at radius 3 is 2.53 bits per heavy atom. The number of aromatic nitrogens is 2. The predicted octanol–water partition coefficient (Wildman–Crippen LogP) is 3.88. The average molecular weight is 466 g/mol. The van der Waals surface area contributed by atoms with Gasteiger partial charge in [-0.1, -0.05) is 32.1 Å². The van der Waals surface area contributed by atoms with E-state index < -0.39 is 0 Å². The van der Waals surface area contributed by atoms with Crippen molar-refractivity contribution in [2.75, 3.05) is 37.6 Å². The summed E-state index contributed by atoms with van der Waals surface area (Å²) < 4.78 is 1.91. The van der Waals surface area contributed by atoms with Crippen molar-refractivity contribution in [1.29, 1.82) is 0 Å². The third-order valence-electron chi connectivity index (χ3n) is 8.35. The Kier molecular flexibility index (Phi) is 6.91. The summed E-state index contributed by atoms with van der Waals surface area (Å²) in [7, 11) is 1.96. The zero-order chi connectivity index (χ0) is 23.7. The molecule has 2 saturated heterocycles. The first-order valence-corrected chi connectivity index (χ1v) is 13.3. The number of imide groups is 1. The second kappa shape index (κ2) is 10.1. The van der Waals surface area contributed by atoms with Gasteiger partial charge in [-0.25, -0.2) is 0 Å². The topological polar surface area (TPSA) is 70.5 Å². The van der Waals surface area contributed by atoms with Crippen molar-refractivity contribution in [1.82, 2.24) is 20.0 Å². The average Bonchev–Trinajstić information content (AvgIpc) is 3.17. The van der Waals surface area contributed by atoms with E-state index in [-0.39, 0.29) is 17.7 Å². The second-order valence-corrected chi connectivity index (χ2v) is 10.6. The molecule has 1 unspecified atom stereocenters. The highest BCUT2D eigenvalue weighted by molar-refractivity contribution is 6.03. The molecule has 1 N–H and O–H groups in total. The molecule has 1 atom stereocenters. The number of carbonyl (C=O) groups is 2. The minimum Gasteiger partial charge on any atom is -0.369 e. The molecule has 2 aliphatic heterocycles. The van der Waals surface area contributed by atoms with Crippen molar-refractivity contribution in [3.8, 4) is 0 Å². The van der Waals surface area contributed by atoms with Crippen LogP contribution in [0.4, 0.5) is 5.69 Å². The van der Waals surface area contributed by atoms with Crippen LogP contribution in [0.5, 0.6) is 0 Å². The maximum Gasteiger partial charge on any atom is 0.235 e. The molecule has 2 aromatic rings. The fraction of sp³-hybridized carbons (Fsp3) is 0.667. The number of carbonyl (C=O) groups excluding carboxylic acids is 2. The largest absolute Gasteiger partial charge is 0.369 e. The minimum absolute atomic E-state index is 0.187. The maximum atomic E-state index is 12.5. The van der Waals surface area contributed by atoms with Crippen LogP contribution in [0.25, 0.3) is 10.9 Å². The summed E-state index contributed by atoms with van der Waals surface area (Å²) in [5, 5.41) is 8.24. The zero-order valence-electron chi connectivity index (χ0n) is 20.8. The quantitative estimate of drug-likeness (QED) is 0.656. The third-order valence-corrected chi connectivity index (χ3v) is 8.35. The summed E-state index contributed by atoms with van der Waals surface area (Å²) in [5.74, 6) is 0.211. The Morgan fingerprint density at radius 1 is 1.03 bits per heavy atom. The van der Waals surface area contributed by atoms with E-state index in [1.165, 1.54) is 62.7 Å². The number of anilines is 1. The van der Waals surface area contributed by atoms with E-state index in [0.717, 1.165) is 48.7 Å². The van der Waals surface area contributed by atoms with Crippen LogP contribution in [0, 0.1) is 12.8 Å². The van der Waals surface area contributed by atoms with E-state index in [0.29, 0.717) is 12.8 Å². The first-order valence-electron chi connectivity index (χ1n) is 13.3. The number of nitrogens with one attached hydrogen (secondary N) is 1. The van der Waals surface area contributed by atoms with Crippen molar-refractivity contribution in [3.63, 3.8) is 0 Å². The summed E-state index contributed by atoms with van der Waals surface area (Å²) >= 11 is 0. The smallest absolute Gasteiger partial charge is 0.235 e.